The van der Waals surface area contributed by atoms with E-state index >= 15 is 0 Å². The number of hydrogen-bond acceptors (Lipinski definition) is 1. The summed E-state index contributed by atoms with van der Waals surface area (Å²) in [6.45, 7) is 3.94. The Kier molecular flexibility index (Phi) is 17.6. The van der Waals surface area contributed by atoms with Crippen LogP contribution in [-0.2, 0) is 4.79 Å². The molecule has 0 radical (unpaired) electrons. The molecule has 0 heterocycles. The fourth-order valence-corrected chi connectivity index (χ4v) is 1.68. The average molecular weight is 222 g/mol. The first-order valence-corrected chi connectivity index (χ1v) is 6.26. The summed E-state index contributed by atoms with van der Waals surface area (Å²) in [4.78, 5) is 10.7. The molecule has 0 bridgehead atoms. The zero-order valence-corrected chi connectivity index (χ0v) is 9.98. The second-order valence-electron chi connectivity index (χ2n) is 4.28. The van der Waals surface area contributed by atoms with Gasteiger partial charge in [0.2, 0.25) is 0 Å². The summed E-state index contributed by atoms with van der Waals surface area (Å²) in [6.07, 6.45) is 12.7. The maximum absolute atomic E-state index is 10.7. The second-order valence-corrected chi connectivity index (χ2v) is 4.28. The first-order valence-electron chi connectivity index (χ1n) is 6.26. The fourth-order valence-electron chi connectivity index (χ4n) is 1.68. The summed E-state index contributed by atoms with van der Waals surface area (Å²) in [5.74, 6) is 0.341. The Morgan fingerprint density at radius 1 is 0.800 bits per heavy atom. The van der Waals surface area contributed by atoms with Crippen LogP contribution in [0.1, 0.15) is 78.1 Å². The van der Waals surface area contributed by atoms with E-state index in [9.17, 15) is 4.79 Å². The van der Waals surface area contributed by atoms with Crippen molar-refractivity contribution in [2.45, 2.75) is 78.1 Å². The second kappa shape index (κ2) is 14.7. The van der Waals surface area contributed by atoms with Gasteiger partial charge in [-0.25, -0.2) is 0 Å². The van der Waals surface area contributed by atoms with Crippen LogP contribution in [0.5, 0.6) is 0 Å². The molecule has 0 fully saturated rings. The van der Waals surface area contributed by atoms with Crippen LogP contribution in [0, 0.1) is 0 Å². The van der Waals surface area contributed by atoms with E-state index in [0.29, 0.717) is 5.78 Å². The van der Waals surface area contributed by atoms with Crippen LogP contribution in [0.25, 0.3) is 0 Å². The van der Waals surface area contributed by atoms with Crippen molar-refractivity contribution in [3.63, 3.8) is 0 Å². The summed E-state index contributed by atoms with van der Waals surface area (Å²) in [5, 5.41) is 0. The van der Waals surface area contributed by atoms with E-state index in [1.165, 1.54) is 51.4 Å². The van der Waals surface area contributed by atoms with Gasteiger partial charge < -0.3 is 4.79 Å². The summed E-state index contributed by atoms with van der Waals surface area (Å²) >= 11 is 0. The van der Waals surface area contributed by atoms with E-state index < -0.39 is 0 Å². The Hall–Kier alpha value is 0.670. The molecular weight excluding hydrogens is 195 g/mol. The first-order chi connectivity index (χ1) is 6.77. The van der Waals surface area contributed by atoms with Crippen molar-refractivity contribution in [2.24, 2.45) is 0 Å². The van der Waals surface area contributed by atoms with Crippen LogP contribution in [0.4, 0.5) is 0 Å². The molecule has 0 aliphatic heterocycles. The monoisotopic (exact) mass is 222 g/mol. The molecule has 0 saturated heterocycles. The molecule has 15 heavy (non-hydrogen) atoms. The number of unbranched alkanes of at least 4 members (excludes halogenated alkanes) is 8. The minimum atomic E-state index is 0. The minimum absolute atomic E-state index is 0. The Bertz CT molecular complexity index is 134. The number of Topliss-reactive ketones (excluding diaryl/α,β-unsaturated/α-hetero) is 1. The molecule has 0 rings (SSSR count). The number of hydrogen-bond donors (Lipinski definition) is 0. The molecule has 0 amide bonds. The van der Waals surface area contributed by atoms with Gasteiger partial charge in [0.15, 0.2) is 0 Å². The van der Waals surface area contributed by atoms with Crippen LogP contribution >= 0.6 is 0 Å². The standard InChI is InChI=1S/C13H26O.Na.H/c1-3-4-5-6-7-8-9-10-11-12-13(2)14;;/h3-12H2,1-2H3;;. The van der Waals surface area contributed by atoms with Crippen LogP contribution in [-0.4, -0.2) is 35.3 Å². The summed E-state index contributed by atoms with van der Waals surface area (Å²) in [5.41, 5.74) is 0. The molecule has 2 heteroatoms. The van der Waals surface area contributed by atoms with Crippen LogP contribution in [0.2, 0.25) is 0 Å². The molecule has 0 aromatic heterocycles. The normalized spacial score (nSPS) is 9.73. The average Bonchev–Trinajstić information content (AvgIpc) is 2.15. The van der Waals surface area contributed by atoms with Crippen LogP contribution in [0.15, 0.2) is 0 Å². The molecule has 0 unspecified atom stereocenters. The SMILES string of the molecule is CCCCCCCCCCCC(C)=O.[NaH]. The Morgan fingerprint density at radius 3 is 1.60 bits per heavy atom. The van der Waals surface area contributed by atoms with Gasteiger partial charge in [-0.15, -0.1) is 0 Å². The molecule has 1 nitrogen and oxygen atoms in total. The fraction of sp³-hybridized carbons (Fsp3) is 0.923. The quantitative estimate of drug-likeness (QED) is 0.405. The molecule has 0 aliphatic rings. The predicted octanol–water partition coefficient (Wildman–Crippen LogP) is 3.85. The number of rotatable bonds is 10. The van der Waals surface area contributed by atoms with E-state index in [1.54, 1.807) is 6.92 Å². The third-order valence-corrected chi connectivity index (χ3v) is 2.63. The van der Waals surface area contributed by atoms with Gasteiger partial charge in [0, 0.05) is 6.42 Å². The molecule has 0 atom stereocenters. The molecule has 86 valence electrons. The van der Waals surface area contributed by atoms with Crippen molar-refractivity contribution in [1.82, 2.24) is 0 Å². The molecule has 0 aromatic carbocycles. The molecular formula is C13H27NaO. The zero-order chi connectivity index (χ0) is 10.6. The van der Waals surface area contributed by atoms with Gasteiger partial charge in [-0.1, -0.05) is 58.3 Å². The molecule has 0 aliphatic carbocycles. The molecule has 0 aromatic rings. The summed E-state index contributed by atoms with van der Waals surface area (Å²) < 4.78 is 0. The van der Waals surface area contributed by atoms with Crippen molar-refractivity contribution < 1.29 is 4.79 Å². The number of carbonyl (C=O) groups excluding carboxylic acids is 1. The van der Waals surface area contributed by atoms with E-state index in [2.05, 4.69) is 6.92 Å². The molecule has 0 N–H and O–H groups in total. The zero-order valence-electron chi connectivity index (χ0n) is 9.98. The number of carbonyl (C=O) groups is 1. The van der Waals surface area contributed by atoms with Gasteiger partial charge >= 0.3 is 29.6 Å². The van der Waals surface area contributed by atoms with Gasteiger partial charge in [-0.3, -0.25) is 0 Å². The summed E-state index contributed by atoms with van der Waals surface area (Å²) in [7, 11) is 0. The van der Waals surface area contributed by atoms with Gasteiger partial charge in [0.1, 0.15) is 5.78 Å². The van der Waals surface area contributed by atoms with Crippen LogP contribution in [0.3, 0.4) is 0 Å². The molecule has 0 spiro atoms. The van der Waals surface area contributed by atoms with E-state index in [0.717, 1.165) is 12.8 Å². The van der Waals surface area contributed by atoms with E-state index in [-0.39, 0.29) is 29.6 Å². The van der Waals surface area contributed by atoms with E-state index in [1.807, 2.05) is 0 Å². The van der Waals surface area contributed by atoms with Crippen molar-refractivity contribution in [1.29, 1.82) is 0 Å². The molecule has 0 saturated carbocycles. The van der Waals surface area contributed by atoms with Gasteiger partial charge in [-0.05, 0) is 13.3 Å². The van der Waals surface area contributed by atoms with Crippen molar-refractivity contribution in [2.75, 3.05) is 0 Å². The van der Waals surface area contributed by atoms with Crippen LogP contribution < -0.4 is 0 Å². The predicted molar refractivity (Wildman–Crippen MR) is 69.7 cm³/mol. The Balaban J connectivity index is 0. The van der Waals surface area contributed by atoms with Gasteiger partial charge in [0.05, 0.1) is 0 Å². The third kappa shape index (κ3) is 17.3. The van der Waals surface area contributed by atoms with Crippen molar-refractivity contribution in [3.8, 4) is 0 Å². The maximum atomic E-state index is 10.7. The van der Waals surface area contributed by atoms with Gasteiger partial charge in [-0.2, -0.15) is 0 Å². The Morgan fingerprint density at radius 2 is 1.20 bits per heavy atom. The first kappa shape index (κ1) is 18.0. The summed E-state index contributed by atoms with van der Waals surface area (Å²) in [6, 6.07) is 0. The third-order valence-electron chi connectivity index (χ3n) is 2.63. The van der Waals surface area contributed by atoms with E-state index in [4.69, 9.17) is 0 Å². The topological polar surface area (TPSA) is 17.1 Å². The Labute approximate surface area is 118 Å². The number of ketones is 1. The van der Waals surface area contributed by atoms with Gasteiger partial charge in [0.25, 0.3) is 0 Å². The van der Waals surface area contributed by atoms with Crippen molar-refractivity contribution >= 4 is 35.3 Å². The van der Waals surface area contributed by atoms with Crippen molar-refractivity contribution in [3.05, 3.63) is 0 Å².